The molecule has 290 valence electrons. The van der Waals surface area contributed by atoms with E-state index in [9.17, 15) is 4.39 Å². The molecule has 1 saturated heterocycles. The summed E-state index contributed by atoms with van der Waals surface area (Å²) in [5.41, 5.74) is 8.45. The molecule has 3 nitrogen and oxygen atoms in total. The van der Waals surface area contributed by atoms with Gasteiger partial charge >= 0.3 is 0 Å². The van der Waals surface area contributed by atoms with E-state index in [0.717, 1.165) is 42.4 Å². The van der Waals surface area contributed by atoms with Crippen LogP contribution in [0.4, 0.5) is 4.39 Å². The van der Waals surface area contributed by atoms with E-state index >= 15 is 0 Å². The number of aryl methyl sites for hydroxylation is 2. The van der Waals surface area contributed by atoms with Crippen molar-refractivity contribution in [3.05, 3.63) is 224 Å². The second-order valence-electron chi connectivity index (χ2n) is 15.5. The summed E-state index contributed by atoms with van der Waals surface area (Å²) in [7, 11) is 0. The number of halogens is 1. The SMILES string of the molecule is Cc1ccc([C@@H]2O[C@H](CCc3ccccc3)[C@@H](Cc3ccccc3)[C@H](OCc3ccccc3)[C@H]2OCc2ccccc2)cc1Cc1ccc(C2C=CC(F)=CC2)s1. The van der Waals surface area contributed by atoms with E-state index in [-0.39, 0.29) is 42.1 Å². The van der Waals surface area contributed by atoms with Gasteiger partial charge in [0.2, 0.25) is 0 Å². The van der Waals surface area contributed by atoms with Crippen LogP contribution in [-0.4, -0.2) is 18.3 Å². The molecule has 5 heteroatoms. The van der Waals surface area contributed by atoms with Crippen molar-refractivity contribution in [2.75, 3.05) is 0 Å². The summed E-state index contributed by atoms with van der Waals surface area (Å²) in [6.45, 7) is 3.13. The van der Waals surface area contributed by atoms with Crippen LogP contribution in [0.3, 0.4) is 0 Å². The molecule has 6 aromatic rings. The Morgan fingerprint density at radius 1 is 0.684 bits per heavy atom. The second kappa shape index (κ2) is 19.0. The van der Waals surface area contributed by atoms with Crippen LogP contribution in [0, 0.1) is 12.8 Å². The molecule has 0 N–H and O–H groups in total. The molecular weight excluding hydrogens is 724 g/mol. The number of hydrogen-bond acceptors (Lipinski definition) is 4. The van der Waals surface area contributed by atoms with Crippen LogP contribution in [0.15, 0.2) is 176 Å². The molecule has 1 aliphatic carbocycles. The van der Waals surface area contributed by atoms with Crippen molar-refractivity contribution in [1.29, 1.82) is 0 Å². The molecule has 6 atom stereocenters. The Morgan fingerprint density at radius 3 is 1.93 bits per heavy atom. The Labute approximate surface area is 341 Å². The predicted molar refractivity (Wildman–Crippen MR) is 230 cm³/mol. The van der Waals surface area contributed by atoms with Crippen molar-refractivity contribution < 1.29 is 18.6 Å². The van der Waals surface area contributed by atoms with Crippen molar-refractivity contribution >= 4 is 11.3 Å². The van der Waals surface area contributed by atoms with Gasteiger partial charge in [0.05, 0.1) is 25.4 Å². The third-order valence-electron chi connectivity index (χ3n) is 11.5. The molecule has 1 aromatic heterocycles. The van der Waals surface area contributed by atoms with Gasteiger partial charge in [0.15, 0.2) is 0 Å². The van der Waals surface area contributed by atoms with E-state index in [1.807, 2.05) is 23.5 Å². The van der Waals surface area contributed by atoms with Gasteiger partial charge in [-0.25, -0.2) is 4.39 Å². The summed E-state index contributed by atoms with van der Waals surface area (Å²) in [5, 5.41) is 0. The minimum absolute atomic E-state index is 0.0449. The van der Waals surface area contributed by atoms with Gasteiger partial charge in [-0.2, -0.15) is 0 Å². The fourth-order valence-corrected chi connectivity index (χ4v) is 9.44. The second-order valence-corrected chi connectivity index (χ2v) is 16.7. The van der Waals surface area contributed by atoms with Gasteiger partial charge in [0.1, 0.15) is 18.0 Å². The lowest BCUT2D eigenvalue weighted by atomic mass is 9.78. The van der Waals surface area contributed by atoms with Crippen LogP contribution in [0.25, 0.3) is 0 Å². The number of rotatable bonds is 15. The Hall–Kier alpha value is -4.91. The number of allylic oxidation sites excluding steroid dienone is 4. The van der Waals surface area contributed by atoms with Gasteiger partial charge in [-0.1, -0.05) is 146 Å². The summed E-state index contributed by atoms with van der Waals surface area (Å²) in [4.78, 5) is 2.57. The molecule has 8 rings (SSSR count). The van der Waals surface area contributed by atoms with Crippen molar-refractivity contribution in [1.82, 2.24) is 0 Å². The third kappa shape index (κ3) is 10.2. The number of ether oxygens (including phenoxy) is 3. The fourth-order valence-electron chi connectivity index (χ4n) is 8.31. The minimum Gasteiger partial charge on any atom is -0.370 e. The first-order chi connectivity index (χ1) is 28.1. The number of thiophene rings is 1. The molecule has 1 aliphatic heterocycles. The highest BCUT2D eigenvalue weighted by atomic mass is 32.1. The van der Waals surface area contributed by atoms with E-state index in [1.165, 1.54) is 32.0 Å². The van der Waals surface area contributed by atoms with Gasteiger partial charge in [0, 0.05) is 28.0 Å². The monoisotopic (exact) mass is 774 g/mol. The maximum Gasteiger partial charge on any atom is 0.118 e. The summed E-state index contributed by atoms with van der Waals surface area (Å²) < 4.78 is 35.4. The minimum atomic E-state index is -0.369. The Balaban J connectivity index is 1.16. The zero-order chi connectivity index (χ0) is 38.8. The molecule has 0 spiro atoms. The van der Waals surface area contributed by atoms with E-state index < -0.39 is 0 Å². The lowest BCUT2D eigenvalue weighted by molar-refractivity contribution is -0.238. The Bertz CT molecular complexity index is 2220. The van der Waals surface area contributed by atoms with E-state index in [1.54, 1.807) is 12.2 Å². The van der Waals surface area contributed by atoms with Gasteiger partial charge in [-0.3, -0.25) is 0 Å². The first kappa shape index (κ1) is 38.9. The van der Waals surface area contributed by atoms with E-state index in [4.69, 9.17) is 14.2 Å². The first-order valence-electron chi connectivity index (χ1n) is 20.3. The summed E-state index contributed by atoms with van der Waals surface area (Å²) in [6, 6.07) is 53.7. The number of hydrogen-bond donors (Lipinski definition) is 0. The zero-order valence-corrected chi connectivity index (χ0v) is 33.4. The summed E-state index contributed by atoms with van der Waals surface area (Å²) in [6.07, 6.45) is 8.31. The summed E-state index contributed by atoms with van der Waals surface area (Å²) in [5.74, 6) is 0.120. The van der Waals surface area contributed by atoms with Crippen LogP contribution < -0.4 is 0 Å². The Kier molecular flexibility index (Phi) is 13.0. The smallest absolute Gasteiger partial charge is 0.118 e. The van der Waals surface area contributed by atoms with Crippen molar-refractivity contribution in [2.45, 2.75) is 82.6 Å². The highest BCUT2D eigenvalue weighted by Gasteiger charge is 2.47. The van der Waals surface area contributed by atoms with Crippen LogP contribution in [0.2, 0.25) is 0 Å². The van der Waals surface area contributed by atoms with E-state index in [0.29, 0.717) is 19.6 Å². The lowest BCUT2D eigenvalue weighted by Gasteiger charge is -2.47. The average molecular weight is 775 g/mol. The molecule has 57 heavy (non-hydrogen) atoms. The van der Waals surface area contributed by atoms with Gasteiger partial charge in [-0.05, 0) is 95.8 Å². The maximum absolute atomic E-state index is 13.7. The first-order valence-corrected chi connectivity index (χ1v) is 21.1. The molecular formula is C52H51FO3S. The fraction of sp³-hybridized carbons (Fsp3) is 0.269. The normalized spacial score (nSPS) is 22.0. The number of benzene rings is 5. The predicted octanol–water partition coefficient (Wildman–Crippen LogP) is 12.6. The molecule has 2 heterocycles. The van der Waals surface area contributed by atoms with Crippen molar-refractivity contribution in [2.24, 2.45) is 5.92 Å². The van der Waals surface area contributed by atoms with Crippen LogP contribution in [0.1, 0.15) is 73.6 Å². The van der Waals surface area contributed by atoms with Crippen molar-refractivity contribution in [3.8, 4) is 0 Å². The molecule has 0 bridgehead atoms. The highest BCUT2D eigenvalue weighted by Crippen LogP contribution is 2.43. The summed E-state index contributed by atoms with van der Waals surface area (Å²) >= 11 is 1.82. The third-order valence-corrected chi connectivity index (χ3v) is 12.7. The molecule has 0 amide bonds. The molecule has 1 fully saturated rings. The standard InChI is InChI=1S/C52H51FO3S/c1-37-22-24-43(33-44(37)34-46-29-31-49(57-46)42-25-27-45(53)28-26-42)50-52(55-36-41-20-12-5-13-21-41)51(54-35-40-18-10-4-11-19-40)47(32-39-16-8-3-9-17-39)48(56-50)30-23-38-14-6-2-7-15-38/h2-22,24-25,27-29,31,33,42,47-48,50-52H,23,26,30,32,34-36H2,1H3/t42?,47-,48-,50+,51+,52+/m1/s1. The molecule has 1 unspecified atom stereocenters. The van der Waals surface area contributed by atoms with Gasteiger partial charge < -0.3 is 14.2 Å². The maximum atomic E-state index is 13.7. The lowest BCUT2D eigenvalue weighted by Crippen LogP contribution is -2.53. The zero-order valence-electron chi connectivity index (χ0n) is 32.6. The molecule has 2 aliphatic rings. The molecule has 0 radical (unpaired) electrons. The Morgan fingerprint density at radius 2 is 1.30 bits per heavy atom. The van der Waals surface area contributed by atoms with Crippen LogP contribution in [-0.2, 0) is 46.7 Å². The average Bonchev–Trinajstić information content (AvgIpc) is 3.73. The van der Waals surface area contributed by atoms with Gasteiger partial charge in [0.25, 0.3) is 0 Å². The highest BCUT2D eigenvalue weighted by molar-refractivity contribution is 7.12. The largest absolute Gasteiger partial charge is 0.370 e. The van der Waals surface area contributed by atoms with Crippen molar-refractivity contribution in [3.63, 3.8) is 0 Å². The molecule has 5 aromatic carbocycles. The topological polar surface area (TPSA) is 27.7 Å². The molecule has 0 saturated carbocycles. The van der Waals surface area contributed by atoms with Crippen LogP contribution >= 0.6 is 11.3 Å². The quantitative estimate of drug-likeness (QED) is 0.104. The van der Waals surface area contributed by atoms with Crippen LogP contribution in [0.5, 0.6) is 0 Å². The van der Waals surface area contributed by atoms with E-state index in [2.05, 4.69) is 153 Å². The van der Waals surface area contributed by atoms with Gasteiger partial charge in [-0.15, -0.1) is 11.3 Å².